The van der Waals surface area contributed by atoms with Crippen LogP contribution >= 0.6 is 11.6 Å². The average molecular weight is 410 g/mol. The van der Waals surface area contributed by atoms with Crippen LogP contribution in [0.5, 0.6) is 0 Å². The van der Waals surface area contributed by atoms with Gasteiger partial charge in [0.05, 0.1) is 22.6 Å². The monoisotopic (exact) mass is 409 g/mol. The molecule has 0 bridgehead atoms. The van der Waals surface area contributed by atoms with Gasteiger partial charge in [-0.1, -0.05) is 30.7 Å². The molecule has 0 atom stereocenters. The average Bonchev–Trinajstić information content (AvgIpc) is 3.21. The highest BCUT2D eigenvalue weighted by atomic mass is 35.5. The number of hydrogen-bond donors (Lipinski definition) is 3. The molecule has 29 heavy (non-hydrogen) atoms. The number of aromatic nitrogens is 4. The quantitative estimate of drug-likeness (QED) is 0.385. The van der Waals surface area contributed by atoms with Crippen molar-refractivity contribution in [3.63, 3.8) is 0 Å². The van der Waals surface area contributed by atoms with Gasteiger partial charge in [0.25, 0.3) is 0 Å². The molecule has 0 fully saturated rings. The summed E-state index contributed by atoms with van der Waals surface area (Å²) in [6.07, 6.45) is 3.54. The van der Waals surface area contributed by atoms with E-state index < -0.39 is 0 Å². The predicted octanol–water partition coefficient (Wildman–Crippen LogP) is 3.68. The summed E-state index contributed by atoms with van der Waals surface area (Å²) < 4.78 is 1.96. The number of halogens is 1. The summed E-state index contributed by atoms with van der Waals surface area (Å²) in [5, 5.41) is 10.7. The molecule has 3 N–H and O–H groups in total. The first kappa shape index (κ1) is 19.6. The Morgan fingerprint density at radius 2 is 1.93 bits per heavy atom. The van der Waals surface area contributed by atoms with E-state index in [1.165, 1.54) is 0 Å². The number of pyridine rings is 1. The lowest BCUT2D eigenvalue weighted by atomic mass is 10.2. The molecule has 8 heteroatoms. The topological polar surface area (TPSA) is 79.2 Å². The van der Waals surface area contributed by atoms with E-state index in [0.29, 0.717) is 17.4 Å². The second kappa shape index (κ2) is 8.73. The van der Waals surface area contributed by atoms with Crippen molar-refractivity contribution in [2.75, 3.05) is 25.0 Å². The van der Waals surface area contributed by atoms with Gasteiger partial charge in [0.1, 0.15) is 17.4 Å². The molecule has 0 radical (unpaired) electrons. The summed E-state index contributed by atoms with van der Waals surface area (Å²) in [5.41, 5.74) is 5.28. The highest BCUT2D eigenvalue weighted by Gasteiger charge is 2.13. The van der Waals surface area contributed by atoms with Crippen LogP contribution in [-0.2, 0) is 6.54 Å². The van der Waals surface area contributed by atoms with Gasteiger partial charge in [0.2, 0.25) is 0 Å². The first-order chi connectivity index (χ1) is 14.2. The van der Waals surface area contributed by atoms with Crippen molar-refractivity contribution in [3.05, 3.63) is 59.1 Å². The Hall–Kier alpha value is -2.74. The molecule has 0 aliphatic carbocycles. The Kier molecular flexibility index (Phi) is 5.89. The van der Waals surface area contributed by atoms with Crippen LogP contribution in [0.2, 0.25) is 5.02 Å². The number of likely N-dealkylation sites (N-methyl/N-ethyl adjacent to an activating group) is 1. The van der Waals surface area contributed by atoms with E-state index in [9.17, 15) is 0 Å². The number of benzene rings is 1. The van der Waals surface area contributed by atoms with Crippen molar-refractivity contribution < 1.29 is 0 Å². The summed E-state index contributed by atoms with van der Waals surface area (Å²) in [4.78, 5) is 13.9. The SMILES string of the molecule is CCNCCNCc1ccc2nc(Nc3c(C)cccc3Cl)c3cncn3c2n1. The fraction of sp³-hybridized carbons (Fsp3) is 0.286. The van der Waals surface area contributed by atoms with Gasteiger partial charge in [0, 0.05) is 19.6 Å². The van der Waals surface area contributed by atoms with Gasteiger partial charge < -0.3 is 16.0 Å². The van der Waals surface area contributed by atoms with E-state index in [0.717, 1.165) is 53.3 Å². The Morgan fingerprint density at radius 3 is 2.76 bits per heavy atom. The van der Waals surface area contributed by atoms with Gasteiger partial charge in [-0.2, -0.15) is 0 Å². The standard InChI is InChI=1S/C21H24ClN7/c1-3-23-9-10-24-11-15-7-8-17-21(26-15)29-13-25-12-18(29)20(27-17)28-19-14(2)5-4-6-16(19)22/h4-8,12-13,23-24H,3,9-11H2,1-2H3,(H,27,28). The van der Waals surface area contributed by atoms with Gasteiger partial charge in [0.15, 0.2) is 11.5 Å². The normalized spacial score (nSPS) is 11.4. The Morgan fingerprint density at radius 1 is 1.07 bits per heavy atom. The molecular weight excluding hydrogens is 386 g/mol. The molecule has 4 aromatic rings. The molecule has 3 heterocycles. The van der Waals surface area contributed by atoms with Gasteiger partial charge in [-0.05, 0) is 37.2 Å². The number of nitrogens with zero attached hydrogens (tertiary/aromatic N) is 4. The summed E-state index contributed by atoms with van der Waals surface area (Å²) >= 11 is 6.39. The van der Waals surface area contributed by atoms with E-state index in [4.69, 9.17) is 21.6 Å². The number of fused-ring (bicyclic) bond motifs is 3. The minimum Gasteiger partial charge on any atom is -0.337 e. The summed E-state index contributed by atoms with van der Waals surface area (Å²) in [6.45, 7) is 7.63. The van der Waals surface area contributed by atoms with Crippen molar-refractivity contribution in [2.24, 2.45) is 0 Å². The van der Waals surface area contributed by atoms with Crippen LogP contribution in [-0.4, -0.2) is 39.0 Å². The molecule has 0 saturated heterocycles. The van der Waals surface area contributed by atoms with Crippen molar-refractivity contribution in [1.29, 1.82) is 0 Å². The van der Waals surface area contributed by atoms with Gasteiger partial charge in [-0.15, -0.1) is 0 Å². The molecular formula is C21H24ClN7. The van der Waals surface area contributed by atoms with Crippen molar-refractivity contribution in [1.82, 2.24) is 30.0 Å². The number of imidazole rings is 1. The smallest absolute Gasteiger partial charge is 0.164 e. The Labute approximate surface area is 174 Å². The van der Waals surface area contributed by atoms with Gasteiger partial charge in [-0.3, -0.25) is 4.40 Å². The third kappa shape index (κ3) is 4.17. The molecule has 1 aromatic carbocycles. The zero-order valence-corrected chi connectivity index (χ0v) is 17.3. The number of anilines is 2. The number of rotatable bonds is 8. The number of hydrogen-bond acceptors (Lipinski definition) is 6. The Balaban J connectivity index is 1.66. The van der Waals surface area contributed by atoms with Crippen LogP contribution in [0.4, 0.5) is 11.5 Å². The van der Waals surface area contributed by atoms with Gasteiger partial charge >= 0.3 is 0 Å². The molecule has 0 unspecified atom stereocenters. The van der Waals surface area contributed by atoms with Crippen LogP contribution in [0.1, 0.15) is 18.2 Å². The largest absolute Gasteiger partial charge is 0.337 e. The van der Waals surface area contributed by atoms with E-state index in [1.54, 1.807) is 12.5 Å². The second-order valence-corrected chi connectivity index (χ2v) is 7.25. The van der Waals surface area contributed by atoms with Crippen molar-refractivity contribution >= 4 is 39.8 Å². The van der Waals surface area contributed by atoms with Crippen LogP contribution < -0.4 is 16.0 Å². The van der Waals surface area contributed by atoms with Crippen LogP contribution in [0.3, 0.4) is 0 Å². The number of para-hydroxylation sites is 1. The maximum absolute atomic E-state index is 6.39. The van der Waals surface area contributed by atoms with Crippen molar-refractivity contribution in [3.8, 4) is 0 Å². The number of aryl methyl sites for hydroxylation is 1. The fourth-order valence-electron chi connectivity index (χ4n) is 3.23. The minimum atomic E-state index is 0.654. The maximum atomic E-state index is 6.39. The zero-order chi connectivity index (χ0) is 20.2. The minimum absolute atomic E-state index is 0.654. The Bertz CT molecular complexity index is 1120. The molecule has 150 valence electrons. The van der Waals surface area contributed by atoms with E-state index in [1.807, 2.05) is 41.7 Å². The lowest BCUT2D eigenvalue weighted by molar-refractivity contribution is 0.619. The molecule has 0 saturated carbocycles. The molecule has 3 aromatic heterocycles. The summed E-state index contributed by atoms with van der Waals surface area (Å²) in [6, 6.07) is 9.81. The number of nitrogens with one attached hydrogen (secondary N) is 3. The second-order valence-electron chi connectivity index (χ2n) is 6.84. The van der Waals surface area contributed by atoms with Crippen LogP contribution in [0.15, 0.2) is 42.9 Å². The molecule has 7 nitrogen and oxygen atoms in total. The lowest BCUT2D eigenvalue weighted by Gasteiger charge is -2.13. The summed E-state index contributed by atoms with van der Waals surface area (Å²) in [7, 11) is 0. The zero-order valence-electron chi connectivity index (χ0n) is 16.5. The summed E-state index contributed by atoms with van der Waals surface area (Å²) in [5.74, 6) is 0.699. The molecule has 0 amide bonds. The first-order valence-electron chi connectivity index (χ1n) is 9.72. The predicted molar refractivity (Wildman–Crippen MR) is 118 cm³/mol. The van der Waals surface area contributed by atoms with E-state index in [2.05, 4.69) is 27.9 Å². The van der Waals surface area contributed by atoms with E-state index in [-0.39, 0.29) is 0 Å². The molecule has 0 spiro atoms. The highest BCUT2D eigenvalue weighted by Crippen LogP contribution is 2.30. The van der Waals surface area contributed by atoms with Crippen LogP contribution in [0.25, 0.3) is 16.7 Å². The molecule has 4 rings (SSSR count). The van der Waals surface area contributed by atoms with Crippen LogP contribution in [0, 0.1) is 6.92 Å². The third-order valence-electron chi connectivity index (χ3n) is 4.75. The fourth-order valence-corrected chi connectivity index (χ4v) is 3.50. The van der Waals surface area contributed by atoms with E-state index >= 15 is 0 Å². The lowest BCUT2D eigenvalue weighted by Crippen LogP contribution is -2.27. The molecule has 0 aliphatic heterocycles. The molecule has 0 aliphatic rings. The maximum Gasteiger partial charge on any atom is 0.164 e. The first-order valence-corrected chi connectivity index (χ1v) is 10.1. The highest BCUT2D eigenvalue weighted by molar-refractivity contribution is 6.33. The third-order valence-corrected chi connectivity index (χ3v) is 5.07. The van der Waals surface area contributed by atoms with Gasteiger partial charge in [-0.25, -0.2) is 15.0 Å². The van der Waals surface area contributed by atoms with Crippen molar-refractivity contribution in [2.45, 2.75) is 20.4 Å².